The average Bonchev–Trinajstić information content (AvgIpc) is 2.65. The van der Waals surface area contributed by atoms with Crippen molar-refractivity contribution in [1.82, 2.24) is 10.6 Å². The molecule has 0 atom stereocenters. The lowest BCUT2D eigenvalue weighted by Gasteiger charge is -2.22. The van der Waals surface area contributed by atoms with Crippen molar-refractivity contribution in [1.29, 1.82) is 0 Å². The molecule has 0 aromatic heterocycles. The van der Waals surface area contributed by atoms with Gasteiger partial charge in [-0.25, -0.2) is 0 Å². The van der Waals surface area contributed by atoms with Crippen LogP contribution in [0.25, 0.3) is 0 Å². The third kappa shape index (κ3) is 7.15. The normalized spacial score (nSPS) is 11.0. The van der Waals surface area contributed by atoms with Crippen LogP contribution in [-0.4, -0.2) is 29.1 Å². The Kier molecular flexibility index (Phi) is 7.94. The molecule has 0 unspecified atom stereocenters. The number of thiocarbonyl (C=S) groups is 1. The Labute approximate surface area is 183 Å². The lowest BCUT2D eigenvalue weighted by Crippen LogP contribution is -2.41. The van der Waals surface area contributed by atoms with Gasteiger partial charge in [0.05, 0.1) is 23.4 Å². The van der Waals surface area contributed by atoms with Crippen molar-refractivity contribution in [2.45, 2.75) is 40.2 Å². The molecule has 0 saturated heterocycles. The Morgan fingerprint density at radius 3 is 2.20 bits per heavy atom. The van der Waals surface area contributed by atoms with Gasteiger partial charge in [0.25, 0.3) is 11.8 Å². The van der Waals surface area contributed by atoms with E-state index in [-0.39, 0.29) is 22.5 Å². The van der Waals surface area contributed by atoms with Crippen molar-refractivity contribution in [3.63, 3.8) is 0 Å². The molecule has 0 bridgehead atoms. The van der Waals surface area contributed by atoms with Gasteiger partial charge in [0.15, 0.2) is 5.11 Å². The average molecular weight is 428 g/mol. The second kappa shape index (κ2) is 10.2. The summed E-state index contributed by atoms with van der Waals surface area (Å²) in [6.07, 6.45) is 0. The van der Waals surface area contributed by atoms with E-state index in [1.807, 2.05) is 40.7 Å². The van der Waals surface area contributed by atoms with Crippen molar-refractivity contribution in [2.24, 2.45) is 5.92 Å². The summed E-state index contributed by atoms with van der Waals surface area (Å²) in [6.45, 7) is 10.3. The van der Waals surface area contributed by atoms with Crippen molar-refractivity contribution in [3.8, 4) is 5.75 Å². The molecule has 7 heteroatoms. The van der Waals surface area contributed by atoms with Gasteiger partial charge in [-0.15, -0.1) is 0 Å². The van der Waals surface area contributed by atoms with Gasteiger partial charge in [0, 0.05) is 5.54 Å². The number of para-hydroxylation sites is 2. The predicted octanol–water partition coefficient (Wildman–Crippen LogP) is 4.38. The zero-order valence-electron chi connectivity index (χ0n) is 18.0. The van der Waals surface area contributed by atoms with E-state index < -0.39 is 0 Å². The standard InChI is InChI=1S/C23H29N3O3S/c1-15(2)14-29-19-13-9-7-11-17(19)20(27)25-22(30)24-18-12-8-6-10-16(18)21(28)26-23(3,4)5/h6-13,15H,14H2,1-5H3,(H,26,28)(H2,24,25,27,30). The summed E-state index contributed by atoms with van der Waals surface area (Å²) in [5.41, 5.74) is 0.957. The third-order valence-electron chi connectivity index (χ3n) is 3.84. The van der Waals surface area contributed by atoms with Crippen LogP contribution in [0, 0.1) is 5.92 Å². The van der Waals surface area contributed by atoms with Crippen molar-refractivity contribution < 1.29 is 14.3 Å². The number of rotatable bonds is 6. The first-order valence-corrected chi connectivity index (χ1v) is 10.2. The van der Waals surface area contributed by atoms with Gasteiger partial charge in [-0.05, 0) is 63.2 Å². The number of amides is 2. The van der Waals surface area contributed by atoms with Gasteiger partial charge in [-0.2, -0.15) is 0 Å². The first-order chi connectivity index (χ1) is 14.1. The largest absolute Gasteiger partial charge is 0.492 e. The monoisotopic (exact) mass is 427 g/mol. The van der Waals surface area contributed by atoms with Crippen LogP contribution in [0.15, 0.2) is 48.5 Å². The van der Waals surface area contributed by atoms with Crippen LogP contribution in [0.1, 0.15) is 55.3 Å². The molecule has 160 valence electrons. The second-order valence-electron chi connectivity index (χ2n) is 8.36. The fourth-order valence-electron chi connectivity index (χ4n) is 2.56. The van der Waals surface area contributed by atoms with E-state index in [1.165, 1.54) is 0 Å². The summed E-state index contributed by atoms with van der Waals surface area (Å²) < 4.78 is 5.74. The molecular formula is C23H29N3O3S. The quantitative estimate of drug-likeness (QED) is 0.597. The Balaban J connectivity index is 2.10. The summed E-state index contributed by atoms with van der Waals surface area (Å²) >= 11 is 5.30. The molecule has 0 saturated carbocycles. The number of hydrogen-bond donors (Lipinski definition) is 3. The Morgan fingerprint density at radius 2 is 1.57 bits per heavy atom. The smallest absolute Gasteiger partial charge is 0.261 e. The number of carbonyl (C=O) groups excluding carboxylic acids is 2. The Bertz CT molecular complexity index is 920. The SMILES string of the molecule is CC(C)COc1ccccc1C(=O)NC(=S)Nc1ccccc1C(=O)NC(C)(C)C. The second-order valence-corrected chi connectivity index (χ2v) is 8.77. The highest BCUT2D eigenvalue weighted by Crippen LogP contribution is 2.19. The predicted molar refractivity (Wildman–Crippen MR) is 124 cm³/mol. The van der Waals surface area contributed by atoms with Crippen LogP contribution in [0.5, 0.6) is 5.75 Å². The highest BCUT2D eigenvalue weighted by atomic mass is 32.1. The molecule has 2 amide bonds. The zero-order valence-corrected chi connectivity index (χ0v) is 18.9. The van der Waals surface area contributed by atoms with E-state index in [4.69, 9.17) is 17.0 Å². The molecule has 0 aliphatic rings. The molecule has 2 rings (SSSR count). The number of nitrogens with one attached hydrogen (secondary N) is 3. The minimum Gasteiger partial charge on any atom is -0.492 e. The summed E-state index contributed by atoms with van der Waals surface area (Å²) in [7, 11) is 0. The third-order valence-corrected chi connectivity index (χ3v) is 4.04. The van der Waals surface area contributed by atoms with Crippen LogP contribution < -0.4 is 20.7 Å². The fourth-order valence-corrected chi connectivity index (χ4v) is 2.76. The molecule has 0 radical (unpaired) electrons. The Morgan fingerprint density at radius 1 is 0.967 bits per heavy atom. The molecule has 0 aliphatic heterocycles. The molecular weight excluding hydrogens is 398 g/mol. The number of anilines is 1. The van der Waals surface area contributed by atoms with Crippen LogP contribution in [0.3, 0.4) is 0 Å². The lowest BCUT2D eigenvalue weighted by molar-refractivity contribution is 0.0919. The van der Waals surface area contributed by atoms with Gasteiger partial charge in [0.2, 0.25) is 0 Å². The van der Waals surface area contributed by atoms with Gasteiger partial charge >= 0.3 is 0 Å². The van der Waals surface area contributed by atoms with Gasteiger partial charge in [-0.3, -0.25) is 14.9 Å². The maximum atomic E-state index is 12.7. The maximum Gasteiger partial charge on any atom is 0.261 e. The molecule has 0 spiro atoms. The number of hydrogen-bond acceptors (Lipinski definition) is 4. The highest BCUT2D eigenvalue weighted by molar-refractivity contribution is 7.80. The molecule has 30 heavy (non-hydrogen) atoms. The number of carbonyl (C=O) groups is 2. The van der Waals surface area contributed by atoms with Crippen LogP contribution >= 0.6 is 12.2 Å². The molecule has 2 aromatic carbocycles. The Hall–Kier alpha value is -2.93. The van der Waals surface area contributed by atoms with Crippen molar-refractivity contribution in [2.75, 3.05) is 11.9 Å². The maximum absolute atomic E-state index is 12.7. The summed E-state index contributed by atoms with van der Waals surface area (Å²) in [6, 6.07) is 14.0. The first-order valence-electron chi connectivity index (χ1n) is 9.82. The summed E-state index contributed by atoms with van der Waals surface area (Å²) in [5, 5.41) is 8.61. The van der Waals surface area contributed by atoms with Gasteiger partial charge in [0.1, 0.15) is 5.75 Å². The highest BCUT2D eigenvalue weighted by Gasteiger charge is 2.19. The van der Waals surface area contributed by atoms with Gasteiger partial charge < -0.3 is 15.4 Å². The minimum absolute atomic E-state index is 0.0923. The van der Waals surface area contributed by atoms with Crippen LogP contribution in [-0.2, 0) is 0 Å². The number of benzene rings is 2. The summed E-state index contributed by atoms with van der Waals surface area (Å²) in [4.78, 5) is 25.3. The molecule has 0 fully saturated rings. The minimum atomic E-state index is -0.386. The van der Waals surface area contributed by atoms with E-state index in [1.54, 1.807) is 42.5 Å². The molecule has 0 heterocycles. The molecule has 3 N–H and O–H groups in total. The topological polar surface area (TPSA) is 79.5 Å². The molecule has 6 nitrogen and oxygen atoms in total. The zero-order chi connectivity index (χ0) is 22.3. The lowest BCUT2D eigenvalue weighted by atomic mass is 10.1. The van der Waals surface area contributed by atoms with Crippen molar-refractivity contribution in [3.05, 3.63) is 59.7 Å². The van der Waals surface area contributed by atoms with Gasteiger partial charge in [-0.1, -0.05) is 38.1 Å². The van der Waals surface area contributed by atoms with E-state index in [9.17, 15) is 9.59 Å². The first kappa shape index (κ1) is 23.3. The van der Waals surface area contributed by atoms with Crippen molar-refractivity contribution >= 4 is 34.8 Å². The van der Waals surface area contributed by atoms with E-state index >= 15 is 0 Å². The van der Waals surface area contributed by atoms with E-state index in [2.05, 4.69) is 16.0 Å². The van der Waals surface area contributed by atoms with Crippen LogP contribution in [0.2, 0.25) is 0 Å². The van der Waals surface area contributed by atoms with E-state index in [0.29, 0.717) is 35.1 Å². The van der Waals surface area contributed by atoms with E-state index in [0.717, 1.165) is 0 Å². The van der Waals surface area contributed by atoms with Crippen LogP contribution in [0.4, 0.5) is 5.69 Å². The fraction of sp³-hybridized carbons (Fsp3) is 0.348. The number of ether oxygens (including phenoxy) is 1. The summed E-state index contributed by atoms with van der Waals surface area (Å²) in [5.74, 6) is 0.215. The molecule has 2 aromatic rings. The molecule has 0 aliphatic carbocycles.